The molecule has 4 rings (SSSR count). The Morgan fingerprint density at radius 2 is 1.71 bits per heavy atom. The molecule has 3 aromatic rings. The molecule has 0 fully saturated rings. The van der Waals surface area contributed by atoms with Crippen LogP contribution in [0.25, 0.3) is 0 Å². The summed E-state index contributed by atoms with van der Waals surface area (Å²) in [4.78, 5) is 39.0. The zero-order valence-electron chi connectivity index (χ0n) is 27.7. The van der Waals surface area contributed by atoms with Crippen LogP contribution < -0.4 is 20.1 Å². The number of aliphatic carboxylic acids is 1. The summed E-state index contributed by atoms with van der Waals surface area (Å²) in [5.74, 6) is -1.70. The normalized spacial score (nSPS) is 17.5. The summed E-state index contributed by atoms with van der Waals surface area (Å²) in [5, 5.41) is 18.2. The topological polar surface area (TPSA) is 170 Å². The van der Waals surface area contributed by atoms with E-state index in [0.29, 0.717) is 31.4 Å². The van der Waals surface area contributed by atoms with Gasteiger partial charge in [0.05, 0.1) is 60.6 Å². The number of carboxylic acids is 1. The molecule has 0 aliphatic carbocycles. The maximum absolute atomic E-state index is 13.6. The average Bonchev–Trinajstić information content (AvgIpc) is 3.07. The lowest BCUT2D eigenvalue weighted by Gasteiger charge is -2.46. The molecule has 0 radical (unpaired) electrons. The molecule has 0 saturated heterocycles. The molecule has 12 nitrogen and oxygen atoms in total. The van der Waals surface area contributed by atoms with Gasteiger partial charge in [0.25, 0.3) is 0 Å². The monoisotopic (exact) mass is 729 g/mol. The second-order valence-corrected chi connectivity index (χ2v) is 11.8. The van der Waals surface area contributed by atoms with E-state index in [2.05, 4.69) is 15.0 Å². The predicted molar refractivity (Wildman–Crippen MR) is 168 cm³/mol. The third kappa shape index (κ3) is 9.55. The highest BCUT2D eigenvalue weighted by atomic mass is 19.4. The predicted octanol–water partition coefficient (Wildman–Crippen LogP) is 6.07. The number of carboxylic acid groups (broad SMARTS) is 1. The number of methoxy groups -OCH3 is 1. The van der Waals surface area contributed by atoms with Gasteiger partial charge >= 0.3 is 24.4 Å². The van der Waals surface area contributed by atoms with Crippen molar-refractivity contribution in [2.75, 3.05) is 31.8 Å². The van der Waals surface area contributed by atoms with Gasteiger partial charge in [0.2, 0.25) is 5.88 Å². The number of halogens is 6. The van der Waals surface area contributed by atoms with Gasteiger partial charge in [0.15, 0.2) is 5.75 Å². The Kier molecular flexibility index (Phi) is 12.3. The first-order chi connectivity index (χ1) is 24.0. The Labute approximate surface area is 288 Å². The molecule has 1 aliphatic heterocycles. The van der Waals surface area contributed by atoms with Crippen LogP contribution in [-0.4, -0.2) is 69.8 Å². The molecule has 4 N–H and O–H groups in total. The van der Waals surface area contributed by atoms with E-state index in [1.807, 2.05) is 0 Å². The lowest BCUT2D eigenvalue weighted by atomic mass is 9.83. The minimum Gasteiger partial charge on any atom is -0.488 e. The highest BCUT2D eigenvalue weighted by Crippen LogP contribution is 2.46. The standard InChI is InChI=1S/C33H37F6N5O7/c1-3-31(40)17-22(28-24(8-9-26(43-28)49-2)44(31)30(48)51-11-6-4-5-7-27(46)47)29-41-18-25(50-12-10-45)23(42-29)15-19-13-20(32(34,35)36)16-21(14-19)33(37,38)39/h8-9,13-14,16,18,22,45H,3-7,10-12,15,17,40H2,1-2H3,(H,46,47)/t22-,31+/m0/s1. The van der Waals surface area contributed by atoms with Crippen molar-refractivity contribution in [2.24, 2.45) is 5.73 Å². The molecule has 3 heterocycles. The van der Waals surface area contributed by atoms with Gasteiger partial charge < -0.3 is 30.2 Å². The van der Waals surface area contributed by atoms with Gasteiger partial charge in [-0.05, 0) is 61.9 Å². The smallest absolute Gasteiger partial charge is 0.416 e. The van der Waals surface area contributed by atoms with E-state index in [0.717, 1.165) is 0 Å². The van der Waals surface area contributed by atoms with Crippen LogP contribution in [0.2, 0.25) is 0 Å². The van der Waals surface area contributed by atoms with Crippen molar-refractivity contribution in [2.45, 2.75) is 75.8 Å². The van der Waals surface area contributed by atoms with Crippen molar-refractivity contribution in [1.29, 1.82) is 0 Å². The number of aliphatic hydroxyl groups is 1. The van der Waals surface area contributed by atoms with Crippen molar-refractivity contribution >= 4 is 17.7 Å². The number of nitrogens with two attached hydrogens (primary N) is 1. The van der Waals surface area contributed by atoms with E-state index in [-0.39, 0.29) is 78.6 Å². The summed E-state index contributed by atoms with van der Waals surface area (Å²) in [7, 11) is 1.37. The quantitative estimate of drug-likeness (QED) is 0.130. The number of benzene rings is 1. The van der Waals surface area contributed by atoms with Crippen LogP contribution in [0.1, 0.15) is 85.3 Å². The molecule has 278 valence electrons. The highest BCUT2D eigenvalue weighted by molar-refractivity contribution is 5.91. The van der Waals surface area contributed by atoms with E-state index in [9.17, 15) is 41.0 Å². The number of carbonyl (C=O) groups excluding carboxylic acids is 1. The Morgan fingerprint density at radius 1 is 1.02 bits per heavy atom. The molecular formula is C33H37F6N5O7. The third-order valence-corrected chi connectivity index (χ3v) is 8.24. The van der Waals surface area contributed by atoms with Crippen molar-refractivity contribution in [1.82, 2.24) is 15.0 Å². The second kappa shape index (κ2) is 16.1. The molecule has 2 atom stereocenters. The first-order valence-corrected chi connectivity index (χ1v) is 15.9. The summed E-state index contributed by atoms with van der Waals surface area (Å²) < 4.78 is 98.2. The van der Waals surface area contributed by atoms with Gasteiger partial charge in [-0.15, -0.1) is 0 Å². The van der Waals surface area contributed by atoms with E-state index in [4.69, 9.17) is 25.1 Å². The number of amides is 1. The number of unbranched alkanes of at least 4 members (excludes halogenated alkanes) is 2. The Balaban J connectivity index is 1.76. The fourth-order valence-corrected chi connectivity index (χ4v) is 5.67. The number of ether oxygens (including phenoxy) is 3. The molecule has 0 bridgehead atoms. The summed E-state index contributed by atoms with van der Waals surface area (Å²) >= 11 is 0. The van der Waals surface area contributed by atoms with E-state index < -0.39 is 60.2 Å². The number of pyridine rings is 1. The summed E-state index contributed by atoms with van der Waals surface area (Å²) in [6, 6.07) is 4.24. The summed E-state index contributed by atoms with van der Waals surface area (Å²) in [6.07, 6.45) is -8.82. The average molecular weight is 730 g/mol. The van der Waals surface area contributed by atoms with Crippen molar-refractivity contribution in [3.63, 3.8) is 0 Å². The number of rotatable bonds is 14. The van der Waals surface area contributed by atoms with Gasteiger partial charge in [0.1, 0.15) is 18.1 Å². The van der Waals surface area contributed by atoms with Gasteiger partial charge in [-0.25, -0.2) is 19.7 Å². The molecule has 51 heavy (non-hydrogen) atoms. The number of aromatic nitrogens is 3. The molecule has 0 unspecified atom stereocenters. The van der Waals surface area contributed by atoms with Crippen LogP contribution in [0, 0.1) is 0 Å². The van der Waals surface area contributed by atoms with Crippen molar-refractivity contribution < 1.29 is 60.4 Å². The van der Waals surface area contributed by atoms with Crippen LogP contribution in [0.3, 0.4) is 0 Å². The number of alkyl halides is 6. The number of hydrogen-bond donors (Lipinski definition) is 3. The Bertz CT molecular complexity index is 1680. The number of nitrogens with zero attached hydrogens (tertiary/aromatic N) is 4. The minimum absolute atomic E-state index is 0.00947. The fraction of sp³-hybridized carbons (Fsp3) is 0.485. The van der Waals surface area contributed by atoms with Gasteiger partial charge in [-0.2, -0.15) is 26.3 Å². The van der Waals surface area contributed by atoms with Crippen LogP contribution in [0.4, 0.5) is 36.8 Å². The first kappa shape index (κ1) is 39.1. The van der Waals surface area contributed by atoms with E-state index in [1.165, 1.54) is 24.3 Å². The number of anilines is 1. The molecule has 1 amide bonds. The summed E-state index contributed by atoms with van der Waals surface area (Å²) in [6.45, 7) is 0.998. The largest absolute Gasteiger partial charge is 0.488 e. The van der Waals surface area contributed by atoms with E-state index in [1.54, 1.807) is 13.0 Å². The fourth-order valence-electron chi connectivity index (χ4n) is 5.67. The lowest BCUT2D eigenvalue weighted by Crippen LogP contribution is -2.61. The minimum atomic E-state index is -5.07. The molecule has 0 saturated carbocycles. The summed E-state index contributed by atoms with van der Waals surface area (Å²) in [5.41, 5.74) is 2.47. The number of carbonyl (C=O) groups is 2. The zero-order chi connectivity index (χ0) is 37.6. The SMILES string of the molecule is CC[C@]1(N)C[C@H](c2ncc(OCCO)c(Cc3cc(C(F)(F)F)cc(C(F)(F)F)c3)n2)c2nc(OC)ccc2N1C(=O)OCCCCCC(=O)O. The molecule has 1 aromatic carbocycles. The number of fused-ring (bicyclic) bond motifs is 1. The molecule has 2 aromatic heterocycles. The Morgan fingerprint density at radius 3 is 2.29 bits per heavy atom. The van der Waals surface area contributed by atoms with Crippen molar-refractivity contribution in [3.05, 3.63) is 70.4 Å². The molecule has 1 aliphatic rings. The number of aliphatic hydroxyl groups excluding tert-OH is 1. The first-order valence-electron chi connectivity index (χ1n) is 15.9. The second-order valence-electron chi connectivity index (χ2n) is 11.8. The van der Waals surface area contributed by atoms with Crippen molar-refractivity contribution in [3.8, 4) is 11.6 Å². The van der Waals surface area contributed by atoms with Crippen LogP contribution in [-0.2, 0) is 28.3 Å². The highest BCUT2D eigenvalue weighted by Gasteiger charge is 2.47. The van der Waals surface area contributed by atoms with Crippen LogP contribution in [0.5, 0.6) is 11.6 Å². The lowest BCUT2D eigenvalue weighted by molar-refractivity contribution is -0.143. The molecule has 18 heteroatoms. The number of hydrogen-bond acceptors (Lipinski definition) is 10. The van der Waals surface area contributed by atoms with E-state index >= 15 is 0 Å². The van der Waals surface area contributed by atoms with Crippen LogP contribution >= 0.6 is 0 Å². The van der Waals surface area contributed by atoms with Gasteiger partial charge in [-0.1, -0.05) is 6.92 Å². The van der Waals surface area contributed by atoms with Crippen LogP contribution in [0.15, 0.2) is 36.5 Å². The maximum Gasteiger partial charge on any atom is 0.416 e. The Hall–Kier alpha value is -4.71. The maximum atomic E-state index is 13.6. The zero-order valence-corrected chi connectivity index (χ0v) is 27.7. The third-order valence-electron chi connectivity index (χ3n) is 8.24. The molecular weight excluding hydrogens is 692 g/mol. The molecule has 0 spiro atoms. The van der Waals surface area contributed by atoms with Gasteiger partial charge in [0, 0.05) is 18.9 Å². The van der Waals surface area contributed by atoms with Gasteiger partial charge in [-0.3, -0.25) is 9.69 Å².